The number of benzene rings is 1. The van der Waals surface area contributed by atoms with E-state index in [2.05, 4.69) is 10.6 Å². The number of rotatable bonds is 6. The van der Waals surface area contributed by atoms with Crippen molar-refractivity contribution in [3.8, 4) is 5.75 Å². The van der Waals surface area contributed by atoms with Crippen molar-refractivity contribution < 1.29 is 19.4 Å². The van der Waals surface area contributed by atoms with E-state index in [1.807, 2.05) is 19.1 Å². The number of aliphatic hydroxyl groups excluding tert-OH is 1. The molecule has 0 spiro atoms. The lowest BCUT2D eigenvalue weighted by Crippen LogP contribution is -2.42. The van der Waals surface area contributed by atoms with E-state index in [1.165, 1.54) is 6.92 Å². The van der Waals surface area contributed by atoms with Crippen LogP contribution in [0.15, 0.2) is 24.3 Å². The molecule has 0 saturated carbocycles. The molecule has 0 aliphatic heterocycles. The summed E-state index contributed by atoms with van der Waals surface area (Å²) in [6, 6.07) is 7.24. The van der Waals surface area contributed by atoms with Crippen molar-refractivity contribution in [1.29, 1.82) is 0 Å². The molecule has 0 aromatic heterocycles. The molecule has 0 aliphatic rings. The number of ether oxygens (including phenoxy) is 1. The number of carbonyl (C=O) groups is 2. The van der Waals surface area contributed by atoms with Crippen LogP contribution in [0.3, 0.4) is 0 Å². The maximum Gasteiger partial charge on any atom is 0.309 e. The van der Waals surface area contributed by atoms with Crippen LogP contribution in [-0.2, 0) is 16.1 Å². The van der Waals surface area contributed by atoms with Gasteiger partial charge in [0.2, 0.25) is 0 Å². The van der Waals surface area contributed by atoms with Crippen LogP contribution in [0.5, 0.6) is 5.75 Å². The van der Waals surface area contributed by atoms with Gasteiger partial charge >= 0.3 is 11.8 Å². The van der Waals surface area contributed by atoms with Crippen molar-refractivity contribution >= 4 is 11.8 Å². The van der Waals surface area contributed by atoms with Gasteiger partial charge in [-0.15, -0.1) is 0 Å². The molecule has 110 valence electrons. The molecular weight excluding hydrogens is 260 g/mol. The molecule has 0 heterocycles. The Morgan fingerprint density at radius 1 is 1.20 bits per heavy atom. The fourth-order valence-electron chi connectivity index (χ4n) is 1.45. The molecule has 0 saturated heterocycles. The Bertz CT molecular complexity index is 443. The molecule has 0 bridgehead atoms. The minimum atomic E-state index is -0.753. The van der Waals surface area contributed by atoms with E-state index in [9.17, 15) is 9.59 Å². The molecule has 6 heteroatoms. The quantitative estimate of drug-likeness (QED) is 0.650. The van der Waals surface area contributed by atoms with Gasteiger partial charge in [-0.25, -0.2) is 0 Å². The van der Waals surface area contributed by atoms with E-state index in [4.69, 9.17) is 9.84 Å². The molecule has 1 atom stereocenters. The van der Waals surface area contributed by atoms with Crippen LogP contribution in [0.4, 0.5) is 0 Å². The first-order valence-electron chi connectivity index (χ1n) is 6.48. The number of amides is 2. The number of hydrogen-bond donors (Lipinski definition) is 3. The van der Waals surface area contributed by atoms with Gasteiger partial charge < -0.3 is 20.5 Å². The summed E-state index contributed by atoms with van der Waals surface area (Å²) in [7, 11) is 0. The Kier molecular flexibility index (Phi) is 6.52. The molecule has 1 aromatic carbocycles. The Morgan fingerprint density at radius 2 is 1.80 bits per heavy atom. The van der Waals surface area contributed by atoms with E-state index in [0.29, 0.717) is 6.61 Å². The number of hydrogen-bond acceptors (Lipinski definition) is 4. The Balaban J connectivity index is 2.38. The molecular formula is C14H20N2O4. The summed E-state index contributed by atoms with van der Waals surface area (Å²) in [5.41, 5.74) is 0.866. The highest BCUT2D eigenvalue weighted by Gasteiger charge is 2.13. The molecule has 0 unspecified atom stereocenters. The van der Waals surface area contributed by atoms with E-state index < -0.39 is 17.9 Å². The summed E-state index contributed by atoms with van der Waals surface area (Å²) in [6.07, 6.45) is -0.683. The van der Waals surface area contributed by atoms with Crippen molar-refractivity contribution in [2.24, 2.45) is 0 Å². The predicted molar refractivity (Wildman–Crippen MR) is 74.1 cm³/mol. The van der Waals surface area contributed by atoms with Gasteiger partial charge in [-0.3, -0.25) is 9.59 Å². The van der Waals surface area contributed by atoms with Crippen LogP contribution < -0.4 is 15.4 Å². The summed E-state index contributed by atoms with van der Waals surface area (Å²) in [5.74, 6) is -0.714. The highest BCUT2D eigenvalue weighted by atomic mass is 16.5. The van der Waals surface area contributed by atoms with Crippen LogP contribution in [0.1, 0.15) is 19.4 Å². The van der Waals surface area contributed by atoms with Gasteiger partial charge in [-0.2, -0.15) is 0 Å². The van der Waals surface area contributed by atoms with Crippen molar-refractivity contribution in [3.05, 3.63) is 29.8 Å². The standard InChI is InChI=1S/C14H20N2O4/c1-3-20-12-6-4-11(5-7-12)9-16-14(19)13(18)15-8-10(2)17/h4-7,10,17H,3,8-9H2,1-2H3,(H,15,18)(H,16,19)/t10-/m0/s1. The molecule has 0 aliphatic carbocycles. The van der Waals surface area contributed by atoms with Gasteiger partial charge in [-0.1, -0.05) is 12.1 Å². The lowest BCUT2D eigenvalue weighted by Gasteiger charge is -2.08. The zero-order valence-corrected chi connectivity index (χ0v) is 11.7. The Labute approximate surface area is 118 Å². The molecule has 1 aromatic rings. The van der Waals surface area contributed by atoms with Gasteiger partial charge in [0.1, 0.15) is 5.75 Å². The third-order valence-electron chi connectivity index (χ3n) is 2.45. The maximum absolute atomic E-state index is 11.5. The van der Waals surface area contributed by atoms with Crippen molar-refractivity contribution in [3.63, 3.8) is 0 Å². The largest absolute Gasteiger partial charge is 0.494 e. The van der Waals surface area contributed by atoms with Crippen LogP contribution >= 0.6 is 0 Å². The third-order valence-corrected chi connectivity index (χ3v) is 2.45. The molecule has 3 N–H and O–H groups in total. The minimum Gasteiger partial charge on any atom is -0.494 e. The first-order valence-corrected chi connectivity index (χ1v) is 6.48. The second-order valence-electron chi connectivity index (χ2n) is 4.32. The van der Waals surface area contributed by atoms with E-state index in [-0.39, 0.29) is 13.1 Å². The Morgan fingerprint density at radius 3 is 2.35 bits per heavy atom. The highest BCUT2D eigenvalue weighted by molar-refractivity contribution is 6.35. The van der Waals surface area contributed by atoms with Gasteiger partial charge in [-0.05, 0) is 31.5 Å². The van der Waals surface area contributed by atoms with Gasteiger partial charge in [0.05, 0.1) is 12.7 Å². The normalized spacial score (nSPS) is 11.6. The molecule has 0 radical (unpaired) electrons. The second-order valence-corrected chi connectivity index (χ2v) is 4.32. The van der Waals surface area contributed by atoms with E-state index >= 15 is 0 Å². The maximum atomic E-state index is 11.5. The summed E-state index contributed by atoms with van der Waals surface area (Å²) in [5, 5.41) is 13.8. The summed E-state index contributed by atoms with van der Waals surface area (Å²) < 4.78 is 5.30. The predicted octanol–water partition coefficient (Wildman–Crippen LogP) is 0.199. The SMILES string of the molecule is CCOc1ccc(CNC(=O)C(=O)NC[C@H](C)O)cc1. The zero-order chi connectivity index (χ0) is 15.0. The van der Waals surface area contributed by atoms with Gasteiger partial charge in [0, 0.05) is 13.1 Å². The average molecular weight is 280 g/mol. The van der Waals surface area contributed by atoms with E-state index in [0.717, 1.165) is 11.3 Å². The second kappa shape index (κ2) is 8.16. The first-order chi connectivity index (χ1) is 9.52. The molecule has 0 fully saturated rings. The van der Waals surface area contributed by atoms with E-state index in [1.54, 1.807) is 12.1 Å². The summed E-state index contributed by atoms with van der Waals surface area (Å²) >= 11 is 0. The topological polar surface area (TPSA) is 87.7 Å². The summed E-state index contributed by atoms with van der Waals surface area (Å²) in [6.45, 7) is 4.33. The van der Waals surface area contributed by atoms with Crippen molar-refractivity contribution in [2.75, 3.05) is 13.2 Å². The van der Waals surface area contributed by atoms with Gasteiger partial charge in [0.25, 0.3) is 0 Å². The van der Waals surface area contributed by atoms with Crippen molar-refractivity contribution in [2.45, 2.75) is 26.5 Å². The zero-order valence-electron chi connectivity index (χ0n) is 11.7. The average Bonchev–Trinajstić information content (AvgIpc) is 2.44. The fraction of sp³-hybridized carbons (Fsp3) is 0.429. The molecule has 20 heavy (non-hydrogen) atoms. The number of carbonyl (C=O) groups excluding carboxylic acids is 2. The monoisotopic (exact) mass is 280 g/mol. The lowest BCUT2D eigenvalue weighted by atomic mass is 10.2. The van der Waals surface area contributed by atoms with Crippen molar-refractivity contribution in [1.82, 2.24) is 10.6 Å². The van der Waals surface area contributed by atoms with Crippen LogP contribution in [0, 0.1) is 0 Å². The smallest absolute Gasteiger partial charge is 0.309 e. The third kappa shape index (κ3) is 5.71. The molecule has 2 amide bonds. The highest BCUT2D eigenvalue weighted by Crippen LogP contribution is 2.11. The van der Waals surface area contributed by atoms with Crippen LogP contribution in [0.2, 0.25) is 0 Å². The van der Waals surface area contributed by atoms with Crippen LogP contribution in [0.25, 0.3) is 0 Å². The molecule has 1 rings (SSSR count). The van der Waals surface area contributed by atoms with Gasteiger partial charge in [0.15, 0.2) is 0 Å². The summed E-state index contributed by atoms with van der Waals surface area (Å²) in [4.78, 5) is 22.8. The molecule has 6 nitrogen and oxygen atoms in total. The number of nitrogens with one attached hydrogen (secondary N) is 2. The lowest BCUT2D eigenvalue weighted by molar-refractivity contribution is -0.139. The minimum absolute atomic E-state index is 0.0509. The number of aliphatic hydroxyl groups is 1. The Hall–Kier alpha value is -2.08. The first kappa shape index (κ1) is 16.0. The fourth-order valence-corrected chi connectivity index (χ4v) is 1.45. The van der Waals surface area contributed by atoms with Crippen LogP contribution in [-0.4, -0.2) is 36.2 Å².